The molecule has 0 radical (unpaired) electrons. The summed E-state index contributed by atoms with van der Waals surface area (Å²) in [5, 5.41) is 17.6. The van der Waals surface area contributed by atoms with Crippen LogP contribution in [0, 0.1) is 0 Å². The van der Waals surface area contributed by atoms with Crippen molar-refractivity contribution in [3.8, 4) is 0 Å². The zero-order valence-corrected chi connectivity index (χ0v) is 12.9. The summed E-state index contributed by atoms with van der Waals surface area (Å²) in [6.07, 6.45) is 0. The highest BCUT2D eigenvalue weighted by molar-refractivity contribution is 5.87. The van der Waals surface area contributed by atoms with Crippen molar-refractivity contribution >= 4 is 5.97 Å². The molecule has 1 aliphatic heterocycles. The molecule has 0 saturated heterocycles. The third-order valence-electron chi connectivity index (χ3n) is 3.96. The second-order valence-electron chi connectivity index (χ2n) is 6.00. The van der Waals surface area contributed by atoms with Crippen LogP contribution in [0.15, 0.2) is 24.3 Å². The van der Waals surface area contributed by atoms with Crippen molar-refractivity contribution in [2.24, 2.45) is 0 Å². The Morgan fingerprint density at radius 3 is 2.86 bits per heavy atom. The molecule has 1 N–H and O–H groups in total. The molecule has 6 nitrogen and oxygen atoms in total. The molecule has 0 aliphatic carbocycles. The number of aromatic nitrogens is 3. The van der Waals surface area contributed by atoms with Gasteiger partial charge >= 0.3 is 5.97 Å². The predicted molar refractivity (Wildman–Crippen MR) is 81.6 cm³/mol. The fourth-order valence-corrected chi connectivity index (χ4v) is 2.85. The Morgan fingerprint density at radius 2 is 2.14 bits per heavy atom. The van der Waals surface area contributed by atoms with Crippen LogP contribution in [0.2, 0.25) is 0 Å². The molecule has 0 unspecified atom stereocenters. The first-order chi connectivity index (χ1) is 10.5. The van der Waals surface area contributed by atoms with Crippen molar-refractivity contribution in [2.45, 2.75) is 39.4 Å². The standard InChI is InChI=1S/C16H20N4O2/c1-11(2)15-18-17-14-10-19(6-7-20(14)15)9-12-4-3-5-13(8-12)16(21)22/h3-5,8,11H,6-7,9-10H2,1-2H3,(H,21,22). The lowest BCUT2D eigenvalue weighted by molar-refractivity contribution is 0.0696. The van der Waals surface area contributed by atoms with Crippen molar-refractivity contribution in [2.75, 3.05) is 6.54 Å². The van der Waals surface area contributed by atoms with E-state index in [0.717, 1.165) is 43.4 Å². The second kappa shape index (κ2) is 5.88. The van der Waals surface area contributed by atoms with E-state index in [0.29, 0.717) is 11.5 Å². The van der Waals surface area contributed by atoms with Gasteiger partial charge in [-0.1, -0.05) is 26.0 Å². The van der Waals surface area contributed by atoms with E-state index in [2.05, 4.69) is 33.5 Å². The molecule has 0 saturated carbocycles. The van der Waals surface area contributed by atoms with E-state index in [4.69, 9.17) is 5.11 Å². The smallest absolute Gasteiger partial charge is 0.335 e. The molecular formula is C16H20N4O2. The molecule has 0 amide bonds. The Kier molecular flexibility index (Phi) is 3.94. The molecule has 1 aromatic heterocycles. The van der Waals surface area contributed by atoms with E-state index >= 15 is 0 Å². The largest absolute Gasteiger partial charge is 0.478 e. The molecule has 0 spiro atoms. The number of rotatable bonds is 4. The third-order valence-corrected chi connectivity index (χ3v) is 3.96. The summed E-state index contributed by atoms with van der Waals surface area (Å²) >= 11 is 0. The SMILES string of the molecule is CC(C)c1nnc2n1CCN(Cc1cccc(C(=O)O)c1)C2. The molecule has 1 aromatic carbocycles. The lowest BCUT2D eigenvalue weighted by Crippen LogP contribution is -2.34. The van der Waals surface area contributed by atoms with Crippen molar-refractivity contribution in [1.82, 2.24) is 19.7 Å². The average Bonchev–Trinajstić information content (AvgIpc) is 2.90. The van der Waals surface area contributed by atoms with Gasteiger partial charge in [-0.3, -0.25) is 4.90 Å². The Morgan fingerprint density at radius 1 is 1.32 bits per heavy atom. The predicted octanol–water partition coefficient (Wildman–Crippen LogP) is 2.12. The first kappa shape index (κ1) is 14.7. The lowest BCUT2D eigenvalue weighted by Gasteiger charge is -2.28. The summed E-state index contributed by atoms with van der Waals surface area (Å²) in [6, 6.07) is 7.11. The maximum absolute atomic E-state index is 11.0. The minimum atomic E-state index is -0.887. The molecule has 1 aliphatic rings. The zero-order chi connectivity index (χ0) is 15.7. The van der Waals surface area contributed by atoms with Crippen LogP contribution < -0.4 is 0 Å². The Hall–Kier alpha value is -2.21. The number of fused-ring (bicyclic) bond motifs is 1. The van der Waals surface area contributed by atoms with Crippen molar-refractivity contribution in [3.05, 3.63) is 47.0 Å². The van der Waals surface area contributed by atoms with Gasteiger partial charge in [0.1, 0.15) is 11.6 Å². The Balaban J connectivity index is 1.73. The second-order valence-corrected chi connectivity index (χ2v) is 6.00. The van der Waals surface area contributed by atoms with Crippen molar-refractivity contribution < 1.29 is 9.90 Å². The summed E-state index contributed by atoms with van der Waals surface area (Å²) in [5.41, 5.74) is 1.34. The fraction of sp³-hybridized carbons (Fsp3) is 0.438. The molecule has 0 atom stereocenters. The van der Waals surface area contributed by atoms with Crippen LogP contribution in [0.1, 0.15) is 47.3 Å². The van der Waals surface area contributed by atoms with E-state index in [9.17, 15) is 4.79 Å². The van der Waals surface area contributed by atoms with Crippen LogP contribution in [0.4, 0.5) is 0 Å². The molecule has 0 bridgehead atoms. The summed E-state index contributed by atoms with van der Waals surface area (Å²) in [7, 11) is 0. The van der Waals surface area contributed by atoms with Gasteiger partial charge in [-0.05, 0) is 17.7 Å². The first-order valence-corrected chi connectivity index (χ1v) is 7.51. The fourth-order valence-electron chi connectivity index (χ4n) is 2.85. The number of hydrogen-bond acceptors (Lipinski definition) is 4. The first-order valence-electron chi connectivity index (χ1n) is 7.51. The molecule has 0 fully saturated rings. The number of nitrogens with zero attached hydrogens (tertiary/aromatic N) is 4. The van der Waals surface area contributed by atoms with E-state index in [1.807, 2.05) is 6.07 Å². The van der Waals surface area contributed by atoms with Gasteiger partial charge in [-0.2, -0.15) is 0 Å². The van der Waals surface area contributed by atoms with Crippen LogP contribution in [-0.4, -0.2) is 37.3 Å². The number of carboxylic acids is 1. The summed E-state index contributed by atoms with van der Waals surface area (Å²) in [5.74, 6) is 1.52. The van der Waals surface area contributed by atoms with Crippen LogP contribution in [0.3, 0.4) is 0 Å². The monoisotopic (exact) mass is 300 g/mol. The summed E-state index contributed by atoms with van der Waals surface area (Å²) in [6.45, 7) is 7.53. The quantitative estimate of drug-likeness (QED) is 0.936. The topological polar surface area (TPSA) is 71.2 Å². The normalized spacial score (nSPS) is 15.0. The van der Waals surface area contributed by atoms with Crippen LogP contribution in [-0.2, 0) is 19.6 Å². The molecular weight excluding hydrogens is 280 g/mol. The van der Waals surface area contributed by atoms with Gasteiger partial charge < -0.3 is 9.67 Å². The molecule has 6 heteroatoms. The van der Waals surface area contributed by atoms with Crippen molar-refractivity contribution in [3.63, 3.8) is 0 Å². The molecule has 2 aromatic rings. The maximum atomic E-state index is 11.0. The van der Waals surface area contributed by atoms with Gasteiger partial charge in [0.15, 0.2) is 0 Å². The summed E-state index contributed by atoms with van der Waals surface area (Å²) in [4.78, 5) is 13.3. The average molecular weight is 300 g/mol. The van der Waals surface area contributed by atoms with Crippen LogP contribution in [0.25, 0.3) is 0 Å². The minimum absolute atomic E-state index is 0.333. The number of aromatic carboxylic acids is 1. The highest BCUT2D eigenvalue weighted by Gasteiger charge is 2.22. The number of carbonyl (C=O) groups is 1. The zero-order valence-electron chi connectivity index (χ0n) is 12.9. The summed E-state index contributed by atoms with van der Waals surface area (Å²) < 4.78 is 2.20. The Bertz CT molecular complexity index is 693. The van der Waals surface area contributed by atoms with Gasteiger partial charge in [0.05, 0.1) is 12.1 Å². The van der Waals surface area contributed by atoms with Gasteiger partial charge in [-0.15, -0.1) is 10.2 Å². The Labute approximate surface area is 129 Å². The lowest BCUT2D eigenvalue weighted by atomic mass is 10.1. The maximum Gasteiger partial charge on any atom is 0.335 e. The number of carboxylic acid groups (broad SMARTS) is 1. The molecule has 22 heavy (non-hydrogen) atoms. The van der Waals surface area contributed by atoms with E-state index < -0.39 is 5.97 Å². The third kappa shape index (κ3) is 2.87. The van der Waals surface area contributed by atoms with Crippen LogP contribution >= 0.6 is 0 Å². The minimum Gasteiger partial charge on any atom is -0.478 e. The highest BCUT2D eigenvalue weighted by Crippen LogP contribution is 2.19. The number of benzene rings is 1. The van der Waals surface area contributed by atoms with Gasteiger partial charge in [0.2, 0.25) is 0 Å². The molecule has 2 heterocycles. The van der Waals surface area contributed by atoms with Gasteiger partial charge in [-0.25, -0.2) is 4.79 Å². The molecule has 3 rings (SSSR count). The van der Waals surface area contributed by atoms with Gasteiger partial charge in [0, 0.05) is 25.6 Å². The van der Waals surface area contributed by atoms with E-state index in [1.54, 1.807) is 18.2 Å². The van der Waals surface area contributed by atoms with E-state index in [-0.39, 0.29) is 0 Å². The van der Waals surface area contributed by atoms with Crippen LogP contribution in [0.5, 0.6) is 0 Å². The highest BCUT2D eigenvalue weighted by atomic mass is 16.4. The van der Waals surface area contributed by atoms with Crippen molar-refractivity contribution in [1.29, 1.82) is 0 Å². The number of hydrogen-bond donors (Lipinski definition) is 1. The van der Waals surface area contributed by atoms with Gasteiger partial charge in [0.25, 0.3) is 0 Å². The van der Waals surface area contributed by atoms with E-state index in [1.165, 1.54) is 0 Å². The molecule has 116 valence electrons.